The third-order valence-electron chi connectivity index (χ3n) is 5.53. The van der Waals surface area contributed by atoms with E-state index in [2.05, 4.69) is 102 Å². The Morgan fingerprint density at radius 3 is 1.27 bits per heavy atom. The molecule has 4 heteroatoms. The molecule has 0 spiro atoms. The molecule has 0 saturated heterocycles. The first-order valence-corrected chi connectivity index (χ1v) is 14.3. The van der Waals surface area contributed by atoms with Gasteiger partial charge in [-0.15, -0.1) is 0 Å². The normalized spacial score (nSPS) is 13.9. The molecule has 0 aliphatic heterocycles. The number of benzene rings is 1. The minimum absolute atomic E-state index is 0.329. The van der Waals surface area contributed by atoms with Gasteiger partial charge in [-0.05, 0) is 28.3 Å². The SMILES string of the molecule is CC(C)(C)[Si](C)(C)Nc1cccc(N[Si](C)(C)C(C)(C)C)c1. The average Bonchev–Trinajstić information content (AvgIpc) is 2.24. The van der Waals surface area contributed by atoms with Gasteiger partial charge in [-0.25, -0.2) is 0 Å². The minimum atomic E-state index is -1.53. The zero-order valence-electron chi connectivity index (χ0n) is 16.3. The zero-order valence-corrected chi connectivity index (χ0v) is 18.3. The lowest BCUT2D eigenvalue weighted by Crippen LogP contribution is -2.46. The minimum Gasteiger partial charge on any atom is -0.410 e. The molecule has 0 fully saturated rings. The molecule has 1 aromatic rings. The van der Waals surface area contributed by atoms with Crippen molar-refractivity contribution in [2.24, 2.45) is 0 Å². The van der Waals surface area contributed by atoms with Crippen LogP contribution in [0.25, 0.3) is 0 Å². The molecule has 1 rings (SSSR count). The molecule has 0 radical (unpaired) electrons. The predicted octanol–water partition coefficient (Wildman–Crippen LogP) is 6.52. The predicted molar refractivity (Wildman–Crippen MR) is 108 cm³/mol. The van der Waals surface area contributed by atoms with Crippen LogP contribution >= 0.6 is 0 Å². The highest BCUT2D eigenvalue weighted by Gasteiger charge is 2.37. The Morgan fingerprint density at radius 1 is 0.682 bits per heavy atom. The largest absolute Gasteiger partial charge is 0.410 e. The van der Waals surface area contributed by atoms with E-state index in [9.17, 15) is 0 Å². The van der Waals surface area contributed by atoms with Crippen molar-refractivity contribution in [3.05, 3.63) is 24.3 Å². The van der Waals surface area contributed by atoms with Crippen LogP contribution in [0.1, 0.15) is 41.5 Å². The summed E-state index contributed by atoms with van der Waals surface area (Å²) in [6.07, 6.45) is 0. The van der Waals surface area contributed by atoms with Crippen molar-refractivity contribution in [3.8, 4) is 0 Å². The maximum absolute atomic E-state index is 3.84. The monoisotopic (exact) mass is 336 g/mol. The van der Waals surface area contributed by atoms with Crippen LogP contribution < -0.4 is 9.96 Å². The Kier molecular flexibility index (Phi) is 5.30. The van der Waals surface area contributed by atoms with Gasteiger partial charge in [0.05, 0.1) is 0 Å². The Balaban J connectivity index is 2.97. The second-order valence-electron chi connectivity index (χ2n) is 9.58. The number of hydrogen-bond acceptors (Lipinski definition) is 2. The standard InChI is InChI=1S/C18H36N2Si2/c1-17(2,3)21(7,8)19-15-12-11-13-16(14-15)20-22(9,10)18(4,5)6/h11-14,19-20H,1-10H3. The van der Waals surface area contributed by atoms with Crippen molar-refractivity contribution in [2.75, 3.05) is 9.96 Å². The van der Waals surface area contributed by atoms with Gasteiger partial charge >= 0.3 is 0 Å². The van der Waals surface area contributed by atoms with E-state index in [-0.39, 0.29) is 0 Å². The van der Waals surface area contributed by atoms with E-state index in [1.54, 1.807) is 0 Å². The molecule has 0 unspecified atom stereocenters. The zero-order chi connectivity index (χ0) is 17.4. The summed E-state index contributed by atoms with van der Waals surface area (Å²) in [4.78, 5) is 7.67. The molecule has 0 aliphatic rings. The van der Waals surface area contributed by atoms with Gasteiger partial charge in [0.2, 0.25) is 0 Å². The fourth-order valence-corrected chi connectivity index (χ4v) is 4.28. The van der Waals surface area contributed by atoms with Crippen LogP contribution in [0.4, 0.5) is 11.4 Å². The highest BCUT2D eigenvalue weighted by molar-refractivity contribution is 6.83. The Bertz CT molecular complexity index is 465. The third kappa shape index (κ3) is 4.62. The van der Waals surface area contributed by atoms with Crippen LogP contribution in [0.3, 0.4) is 0 Å². The molecule has 1 aromatic carbocycles. The molecule has 2 nitrogen and oxygen atoms in total. The maximum atomic E-state index is 3.84. The summed E-state index contributed by atoms with van der Waals surface area (Å²) < 4.78 is 0. The number of rotatable bonds is 4. The van der Waals surface area contributed by atoms with Crippen LogP contribution in [-0.2, 0) is 0 Å². The number of hydrogen-bond donors (Lipinski definition) is 2. The van der Waals surface area contributed by atoms with E-state index < -0.39 is 16.5 Å². The summed E-state index contributed by atoms with van der Waals surface area (Å²) in [5, 5.41) is 0.658. The van der Waals surface area contributed by atoms with Gasteiger partial charge in [0.25, 0.3) is 0 Å². The van der Waals surface area contributed by atoms with E-state index in [1.165, 1.54) is 11.4 Å². The van der Waals surface area contributed by atoms with Crippen molar-refractivity contribution in [1.29, 1.82) is 0 Å². The van der Waals surface area contributed by atoms with E-state index >= 15 is 0 Å². The van der Waals surface area contributed by atoms with Gasteiger partial charge < -0.3 is 9.96 Å². The Labute approximate surface area is 140 Å². The number of anilines is 2. The fraction of sp³-hybridized carbons (Fsp3) is 0.667. The van der Waals surface area contributed by atoms with Crippen molar-refractivity contribution >= 4 is 27.8 Å². The van der Waals surface area contributed by atoms with Gasteiger partial charge in [-0.3, -0.25) is 0 Å². The van der Waals surface area contributed by atoms with Gasteiger partial charge in [0, 0.05) is 11.4 Å². The van der Waals surface area contributed by atoms with E-state index in [1.807, 2.05) is 0 Å². The molecular formula is C18H36N2Si2. The summed E-state index contributed by atoms with van der Waals surface area (Å²) in [7, 11) is -3.06. The summed E-state index contributed by atoms with van der Waals surface area (Å²) in [6, 6.07) is 8.82. The quantitative estimate of drug-likeness (QED) is 0.611. The highest BCUT2D eigenvalue weighted by atomic mass is 28.3. The van der Waals surface area contributed by atoms with Gasteiger partial charge in [-0.1, -0.05) is 73.8 Å². The summed E-state index contributed by atoms with van der Waals surface area (Å²) in [6.45, 7) is 23.6. The lowest BCUT2D eigenvalue weighted by atomic mass is 10.2. The molecule has 2 N–H and O–H groups in total. The average molecular weight is 337 g/mol. The lowest BCUT2D eigenvalue weighted by molar-refractivity contribution is 0.723. The lowest BCUT2D eigenvalue weighted by Gasteiger charge is -2.39. The molecule has 0 aromatic heterocycles. The van der Waals surface area contributed by atoms with E-state index in [0.717, 1.165) is 0 Å². The molecule has 0 amide bonds. The molecule has 22 heavy (non-hydrogen) atoms. The third-order valence-corrected chi connectivity index (χ3v) is 14.9. The van der Waals surface area contributed by atoms with Crippen LogP contribution in [0, 0.1) is 0 Å². The topological polar surface area (TPSA) is 24.1 Å². The molecule has 0 bridgehead atoms. The summed E-state index contributed by atoms with van der Waals surface area (Å²) in [5.74, 6) is 0. The van der Waals surface area contributed by atoms with Crippen LogP contribution in [0.5, 0.6) is 0 Å². The van der Waals surface area contributed by atoms with Gasteiger partial charge in [0.1, 0.15) is 0 Å². The van der Waals surface area contributed by atoms with Gasteiger partial charge in [0.15, 0.2) is 16.5 Å². The van der Waals surface area contributed by atoms with Crippen molar-refractivity contribution in [1.82, 2.24) is 0 Å². The van der Waals surface area contributed by atoms with Crippen LogP contribution in [0.15, 0.2) is 24.3 Å². The van der Waals surface area contributed by atoms with Crippen LogP contribution in [0.2, 0.25) is 36.3 Å². The van der Waals surface area contributed by atoms with Gasteiger partial charge in [-0.2, -0.15) is 0 Å². The second-order valence-corrected chi connectivity index (χ2v) is 19.6. The first-order valence-electron chi connectivity index (χ1n) is 8.32. The maximum Gasteiger partial charge on any atom is 0.152 e. The Morgan fingerprint density at radius 2 is 1.00 bits per heavy atom. The fourth-order valence-electron chi connectivity index (χ4n) is 1.77. The number of nitrogens with one attached hydrogen (secondary N) is 2. The molecule has 0 heterocycles. The first-order chi connectivity index (χ1) is 9.66. The first kappa shape index (κ1) is 19.3. The van der Waals surface area contributed by atoms with Crippen molar-refractivity contribution in [2.45, 2.75) is 77.8 Å². The van der Waals surface area contributed by atoms with Crippen molar-refractivity contribution < 1.29 is 0 Å². The summed E-state index contributed by atoms with van der Waals surface area (Å²) in [5.41, 5.74) is 2.49. The van der Waals surface area contributed by atoms with Crippen molar-refractivity contribution in [3.63, 3.8) is 0 Å². The summed E-state index contributed by atoms with van der Waals surface area (Å²) >= 11 is 0. The van der Waals surface area contributed by atoms with E-state index in [0.29, 0.717) is 10.1 Å². The second kappa shape index (κ2) is 6.04. The molecular weight excluding hydrogens is 300 g/mol. The molecule has 126 valence electrons. The van der Waals surface area contributed by atoms with Crippen LogP contribution in [-0.4, -0.2) is 16.5 Å². The highest BCUT2D eigenvalue weighted by Crippen LogP contribution is 2.38. The Hall–Kier alpha value is -0.746. The smallest absolute Gasteiger partial charge is 0.152 e. The molecule has 0 atom stereocenters. The van der Waals surface area contributed by atoms with E-state index in [4.69, 9.17) is 0 Å². The molecule has 0 aliphatic carbocycles. The molecule has 0 saturated carbocycles.